The summed E-state index contributed by atoms with van der Waals surface area (Å²) in [5.41, 5.74) is 0.935. The number of ether oxygens (including phenoxy) is 1. The lowest BCUT2D eigenvalue weighted by Crippen LogP contribution is -2.18. The van der Waals surface area contributed by atoms with Gasteiger partial charge in [-0.25, -0.2) is 4.39 Å². The van der Waals surface area contributed by atoms with Crippen molar-refractivity contribution in [2.45, 2.75) is 25.9 Å². The molecule has 0 radical (unpaired) electrons. The van der Waals surface area contributed by atoms with Crippen LogP contribution in [-0.2, 0) is 6.42 Å². The molecular formula is C12H15FO2. The molecule has 0 fully saturated rings. The Labute approximate surface area is 88.7 Å². The minimum atomic E-state index is -0.215. The van der Waals surface area contributed by atoms with Crippen LogP contribution in [0.5, 0.6) is 5.75 Å². The lowest BCUT2D eigenvalue weighted by Gasteiger charge is -2.14. The van der Waals surface area contributed by atoms with E-state index in [0.717, 1.165) is 24.2 Å². The summed E-state index contributed by atoms with van der Waals surface area (Å²) < 4.78 is 18.6. The third kappa shape index (κ3) is 2.29. The summed E-state index contributed by atoms with van der Waals surface area (Å²) in [6.45, 7) is 2.15. The van der Waals surface area contributed by atoms with Gasteiger partial charge in [0.05, 0.1) is 0 Å². The van der Waals surface area contributed by atoms with Gasteiger partial charge in [0.25, 0.3) is 0 Å². The fourth-order valence-electron chi connectivity index (χ4n) is 1.94. The molecule has 2 atom stereocenters. The summed E-state index contributed by atoms with van der Waals surface area (Å²) >= 11 is 0. The van der Waals surface area contributed by atoms with Crippen molar-refractivity contribution in [1.29, 1.82) is 0 Å². The molecule has 82 valence electrons. The van der Waals surface area contributed by atoms with Crippen LogP contribution in [0.3, 0.4) is 0 Å². The van der Waals surface area contributed by atoms with Gasteiger partial charge in [0, 0.05) is 18.6 Å². The molecule has 1 N–H and O–H groups in total. The van der Waals surface area contributed by atoms with Gasteiger partial charge in [0.1, 0.15) is 17.7 Å². The zero-order valence-corrected chi connectivity index (χ0v) is 8.74. The molecule has 0 saturated carbocycles. The molecule has 3 heteroatoms. The molecule has 1 aromatic rings. The van der Waals surface area contributed by atoms with Crippen molar-refractivity contribution < 1.29 is 14.2 Å². The van der Waals surface area contributed by atoms with Crippen LogP contribution >= 0.6 is 0 Å². The zero-order valence-electron chi connectivity index (χ0n) is 8.74. The molecule has 0 saturated heterocycles. The first-order chi connectivity index (χ1) is 7.19. The average Bonchev–Trinajstić information content (AvgIpc) is 2.59. The second kappa shape index (κ2) is 4.19. The number of hydrogen-bond acceptors (Lipinski definition) is 2. The van der Waals surface area contributed by atoms with E-state index in [4.69, 9.17) is 9.84 Å². The topological polar surface area (TPSA) is 29.5 Å². The van der Waals surface area contributed by atoms with Crippen LogP contribution in [0.2, 0.25) is 0 Å². The molecular weight excluding hydrogens is 195 g/mol. The van der Waals surface area contributed by atoms with Crippen LogP contribution in [-0.4, -0.2) is 17.8 Å². The van der Waals surface area contributed by atoms with Gasteiger partial charge in [-0.05, 0) is 30.5 Å². The predicted molar refractivity (Wildman–Crippen MR) is 55.4 cm³/mol. The highest BCUT2D eigenvalue weighted by molar-refractivity contribution is 5.37. The molecule has 0 bridgehead atoms. The van der Waals surface area contributed by atoms with Crippen molar-refractivity contribution in [1.82, 2.24) is 0 Å². The minimum absolute atomic E-state index is 0.0870. The first-order valence-electron chi connectivity index (χ1n) is 5.25. The Bertz CT molecular complexity index is 351. The highest BCUT2D eigenvalue weighted by atomic mass is 19.1. The number of halogens is 1. The van der Waals surface area contributed by atoms with E-state index in [2.05, 4.69) is 0 Å². The summed E-state index contributed by atoms with van der Waals surface area (Å²) in [5.74, 6) is 0.800. The van der Waals surface area contributed by atoms with Crippen molar-refractivity contribution >= 4 is 0 Å². The summed E-state index contributed by atoms with van der Waals surface area (Å²) in [6.07, 6.45) is 1.65. The Balaban J connectivity index is 2.03. The molecule has 0 aromatic heterocycles. The smallest absolute Gasteiger partial charge is 0.123 e. The quantitative estimate of drug-likeness (QED) is 0.828. The highest BCUT2D eigenvalue weighted by Gasteiger charge is 2.24. The maximum Gasteiger partial charge on any atom is 0.123 e. The van der Waals surface area contributed by atoms with Gasteiger partial charge in [-0.2, -0.15) is 0 Å². The molecule has 1 aliphatic rings. The molecule has 0 amide bonds. The summed E-state index contributed by atoms with van der Waals surface area (Å²) in [6, 6.07) is 4.61. The third-order valence-electron chi connectivity index (χ3n) is 2.74. The van der Waals surface area contributed by atoms with E-state index in [1.54, 1.807) is 6.07 Å². The summed E-state index contributed by atoms with van der Waals surface area (Å²) in [7, 11) is 0. The Morgan fingerprint density at radius 1 is 1.60 bits per heavy atom. The molecule has 1 aromatic carbocycles. The Hall–Kier alpha value is -1.09. The van der Waals surface area contributed by atoms with Gasteiger partial charge >= 0.3 is 0 Å². The van der Waals surface area contributed by atoms with Crippen LogP contribution in [0.4, 0.5) is 4.39 Å². The normalized spacial score (nSPS) is 20.9. The largest absolute Gasteiger partial charge is 0.490 e. The van der Waals surface area contributed by atoms with Crippen molar-refractivity contribution in [3.8, 4) is 5.75 Å². The van der Waals surface area contributed by atoms with E-state index >= 15 is 0 Å². The van der Waals surface area contributed by atoms with Gasteiger partial charge < -0.3 is 9.84 Å². The maximum atomic E-state index is 12.9. The summed E-state index contributed by atoms with van der Waals surface area (Å²) in [4.78, 5) is 0. The van der Waals surface area contributed by atoms with Crippen molar-refractivity contribution in [3.63, 3.8) is 0 Å². The first-order valence-corrected chi connectivity index (χ1v) is 5.25. The van der Waals surface area contributed by atoms with E-state index in [9.17, 15) is 4.39 Å². The monoisotopic (exact) mass is 210 g/mol. The van der Waals surface area contributed by atoms with Crippen LogP contribution in [0.1, 0.15) is 18.9 Å². The number of fused-ring (bicyclic) bond motifs is 1. The molecule has 1 heterocycles. The second-order valence-corrected chi connectivity index (χ2v) is 4.22. The number of aliphatic hydroxyl groups is 1. The minimum Gasteiger partial charge on any atom is -0.490 e. The van der Waals surface area contributed by atoms with E-state index in [0.29, 0.717) is 0 Å². The van der Waals surface area contributed by atoms with Crippen LogP contribution in [0.15, 0.2) is 18.2 Å². The van der Waals surface area contributed by atoms with Gasteiger partial charge in [-0.15, -0.1) is 0 Å². The van der Waals surface area contributed by atoms with Crippen molar-refractivity contribution in [2.75, 3.05) is 6.61 Å². The number of aliphatic hydroxyl groups excluding tert-OH is 1. The first kappa shape index (κ1) is 10.4. The standard InChI is InChI=1S/C12H15FO2/c1-8(7-14)4-11-6-9-5-10(13)2-3-12(9)15-11/h2-3,5,8,11,14H,4,6-7H2,1H3. The van der Waals surface area contributed by atoms with Crippen LogP contribution in [0, 0.1) is 11.7 Å². The number of hydrogen-bond donors (Lipinski definition) is 1. The molecule has 1 aliphatic heterocycles. The lowest BCUT2D eigenvalue weighted by molar-refractivity contribution is 0.158. The maximum absolute atomic E-state index is 12.9. The zero-order chi connectivity index (χ0) is 10.8. The fraction of sp³-hybridized carbons (Fsp3) is 0.500. The van der Waals surface area contributed by atoms with Crippen molar-refractivity contribution in [3.05, 3.63) is 29.6 Å². The third-order valence-corrected chi connectivity index (χ3v) is 2.74. The number of benzene rings is 1. The van der Waals surface area contributed by atoms with E-state index in [1.165, 1.54) is 12.1 Å². The van der Waals surface area contributed by atoms with E-state index < -0.39 is 0 Å². The lowest BCUT2D eigenvalue weighted by atomic mass is 10.0. The highest BCUT2D eigenvalue weighted by Crippen LogP contribution is 2.31. The SMILES string of the molecule is CC(CO)CC1Cc2cc(F)ccc2O1. The molecule has 2 rings (SSSR count). The van der Waals surface area contributed by atoms with Gasteiger partial charge in [-0.3, -0.25) is 0 Å². The summed E-state index contributed by atoms with van der Waals surface area (Å²) in [5, 5.41) is 8.94. The second-order valence-electron chi connectivity index (χ2n) is 4.22. The molecule has 0 spiro atoms. The van der Waals surface area contributed by atoms with Crippen molar-refractivity contribution in [2.24, 2.45) is 5.92 Å². The van der Waals surface area contributed by atoms with E-state index in [1.807, 2.05) is 6.92 Å². The Morgan fingerprint density at radius 3 is 3.13 bits per heavy atom. The van der Waals surface area contributed by atoms with Crippen LogP contribution < -0.4 is 4.74 Å². The van der Waals surface area contributed by atoms with Gasteiger partial charge in [0.15, 0.2) is 0 Å². The Morgan fingerprint density at radius 2 is 2.40 bits per heavy atom. The number of rotatable bonds is 3. The molecule has 2 nitrogen and oxygen atoms in total. The molecule has 0 aliphatic carbocycles. The predicted octanol–water partition coefficient (Wildman–Crippen LogP) is 2.15. The average molecular weight is 210 g/mol. The Kier molecular flexibility index (Phi) is 2.91. The van der Waals surface area contributed by atoms with Gasteiger partial charge in [-0.1, -0.05) is 6.92 Å². The van der Waals surface area contributed by atoms with E-state index in [-0.39, 0.29) is 24.4 Å². The van der Waals surface area contributed by atoms with Gasteiger partial charge in [0.2, 0.25) is 0 Å². The van der Waals surface area contributed by atoms with Crippen LogP contribution in [0.25, 0.3) is 0 Å². The molecule has 2 unspecified atom stereocenters. The molecule has 15 heavy (non-hydrogen) atoms. The fourth-order valence-corrected chi connectivity index (χ4v) is 1.94.